The molecule has 1 aromatic carbocycles. The molecule has 0 saturated carbocycles. The normalized spacial score (nSPS) is 12.6. The Bertz CT molecular complexity index is 493. The zero-order chi connectivity index (χ0) is 13.7. The molecule has 0 radical (unpaired) electrons. The summed E-state index contributed by atoms with van der Waals surface area (Å²) in [7, 11) is 0. The summed E-state index contributed by atoms with van der Waals surface area (Å²) in [6, 6.07) is 12.1. The minimum absolute atomic E-state index is 0.0456. The number of para-hydroxylation sites is 1. The molecule has 2 aromatic rings. The lowest BCUT2D eigenvalue weighted by Crippen LogP contribution is -2.30. The van der Waals surface area contributed by atoms with Gasteiger partial charge in [0.15, 0.2) is 0 Å². The van der Waals surface area contributed by atoms with E-state index in [0.29, 0.717) is 12.6 Å². The molecule has 0 spiro atoms. The van der Waals surface area contributed by atoms with Crippen molar-refractivity contribution in [2.24, 2.45) is 5.73 Å². The number of hydrogen-bond donors (Lipinski definition) is 1. The number of nitrogens with two attached hydrogens (primary N) is 1. The van der Waals surface area contributed by atoms with Crippen molar-refractivity contribution < 1.29 is 4.74 Å². The third kappa shape index (κ3) is 4.10. The van der Waals surface area contributed by atoms with E-state index in [1.54, 1.807) is 0 Å². The summed E-state index contributed by atoms with van der Waals surface area (Å²) in [5, 5.41) is 4.49. The summed E-state index contributed by atoms with van der Waals surface area (Å²) in [4.78, 5) is 0. The number of aromatic nitrogens is 2. The number of hydrogen-bond acceptors (Lipinski definition) is 3. The Balaban J connectivity index is 1.82. The molecule has 0 amide bonds. The fourth-order valence-corrected chi connectivity index (χ4v) is 1.82. The highest BCUT2D eigenvalue weighted by molar-refractivity contribution is 5.21. The van der Waals surface area contributed by atoms with Gasteiger partial charge in [0.1, 0.15) is 12.4 Å². The maximum absolute atomic E-state index is 6.06. The number of ether oxygens (including phenoxy) is 1. The zero-order valence-electron chi connectivity index (χ0n) is 11.5. The molecule has 0 bridgehead atoms. The second-order valence-electron chi connectivity index (χ2n) is 4.97. The molecule has 0 aliphatic carbocycles. The van der Waals surface area contributed by atoms with Crippen molar-refractivity contribution in [3.05, 3.63) is 48.3 Å². The van der Waals surface area contributed by atoms with Crippen LogP contribution in [0.1, 0.15) is 25.6 Å². The first-order valence-electron chi connectivity index (χ1n) is 6.62. The summed E-state index contributed by atoms with van der Waals surface area (Å²) in [5.74, 6) is 0.852. The first kappa shape index (κ1) is 13.6. The first-order chi connectivity index (χ1) is 9.15. The van der Waals surface area contributed by atoms with Gasteiger partial charge in [-0.2, -0.15) is 5.10 Å². The van der Waals surface area contributed by atoms with Crippen molar-refractivity contribution in [1.29, 1.82) is 0 Å². The Hall–Kier alpha value is -1.81. The van der Waals surface area contributed by atoms with Crippen molar-refractivity contribution in [3.63, 3.8) is 0 Å². The van der Waals surface area contributed by atoms with Crippen molar-refractivity contribution in [3.8, 4) is 5.75 Å². The lowest BCUT2D eigenvalue weighted by atomic mass is 10.2. The summed E-state index contributed by atoms with van der Waals surface area (Å²) in [5.41, 5.74) is 7.08. The van der Waals surface area contributed by atoms with Crippen LogP contribution in [-0.2, 0) is 6.42 Å². The fourth-order valence-electron chi connectivity index (χ4n) is 1.82. The van der Waals surface area contributed by atoms with Crippen molar-refractivity contribution >= 4 is 0 Å². The van der Waals surface area contributed by atoms with Crippen molar-refractivity contribution in [2.45, 2.75) is 32.4 Å². The second-order valence-corrected chi connectivity index (χ2v) is 4.97. The fraction of sp³-hybridized carbons (Fsp3) is 0.400. The number of rotatable bonds is 6. The van der Waals surface area contributed by atoms with Gasteiger partial charge in [-0.3, -0.25) is 4.68 Å². The van der Waals surface area contributed by atoms with Crippen LogP contribution in [0, 0.1) is 0 Å². The number of nitrogens with zero attached hydrogens (tertiary/aromatic N) is 2. The molecule has 4 nitrogen and oxygen atoms in total. The third-order valence-corrected chi connectivity index (χ3v) is 2.87. The summed E-state index contributed by atoms with van der Waals surface area (Å²) in [6.07, 6.45) is 2.72. The van der Waals surface area contributed by atoms with E-state index in [2.05, 4.69) is 18.9 Å². The smallest absolute Gasteiger partial charge is 0.119 e. The van der Waals surface area contributed by atoms with E-state index in [4.69, 9.17) is 10.5 Å². The highest BCUT2D eigenvalue weighted by atomic mass is 16.5. The highest BCUT2D eigenvalue weighted by Crippen LogP contribution is 2.10. The van der Waals surface area contributed by atoms with Gasteiger partial charge in [-0.1, -0.05) is 18.2 Å². The number of benzene rings is 1. The first-order valence-corrected chi connectivity index (χ1v) is 6.62. The largest absolute Gasteiger partial charge is 0.492 e. The molecule has 2 rings (SSSR count). The molecule has 4 heteroatoms. The molecule has 1 atom stereocenters. The Kier molecular flexibility index (Phi) is 4.58. The van der Waals surface area contributed by atoms with Gasteiger partial charge in [0.2, 0.25) is 0 Å². The van der Waals surface area contributed by atoms with E-state index in [1.165, 1.54) is 0 Å². The molecule has 19 heavy (non-hydrogen) atoms. The van der Waals surface area contributed by atoms with Gasteiger partial charge in [0.05, 0.1) is 5.69 Å². The van der Waals surface area contributed by atoms with Crippen LogP contribution in [-0.4, -0.2) is 22.4 Å². The standard InChI is InChI=1S/C15H21N3O/c1-12(2)18-9-8-14(17-18)10-13(16)11-19-15-6-4-3-5-7-15/h3-9,12-13H,10-11,16H2,1-2H3. The quantitative estimate of drug-likeness (QED) is 0.866. The van der Waals surface area contributed by atoms with E-state index in [0.717, 1.165) is 17.9 Å². The van der Waals surface area contributed by atoms with Crippen LogP contribution < -0.4 is 10.5 Å². The molecule has 1 unspecified atom stereocenters. The zero-order valence-corrected chi connectivity index (χ0v) is 11.5. The van der Waals surface area contributed by atoms with Gasteiger partial charge in [-0.15, -0.1) is 0 Å². The second kappa shape index (κ2) is 6.38. The third-order valence-electron chi connectivity index (χ3n) is 2.87. The lowest BCUT2D eigenvalue weighted by molar-refractivity contribution is 0.286. The van der Waals surface area contributed by atoms with Crippen molar-refractivity contribution in [2.75, 3.05) is 6.61 Å². The maximum Gasteiger partial charge on any atom is 0.119 e. The van der Waals surface area contributed by atoms with Crippen LogP contribution in [0.25, 0.3) is 0 Å². The van der Waals surface area contributed by atoms with Crippen molar-refractivity contribution in [1.82, 2.24) is 9.78 Å². The Morgan fingerprint density at radius 1 is 1.21 bits per heavy atom. The van der Waals surface area contributed by atoms with Crippen LogP contribution in [0.5, 0.6) is 5.75 Å². The predicted molar refractivity (Wildman–Crippen MR) is 76.2 cm³/mol. The van der Waals surface area contributed by atoms with Crippen LogP contribution in [0.3, 0.4) is 0 Å². The molecule has 2 N–H and O–H groups in total. The molecule has 1 aromatic heterocycles. The van der Waals surface area contributed by atoms with Gasteiger partial charge >= 0.3 is 0 Å². The Morgan fingerprint density at radius 3 is 2.58 bits per heavy atom. The summed E-state index contributed by atoms with van der Waals surface area (Å²) >= 11 is 0. The van der Waals surface area contributed by atoms with Crippen LogP contribution >= 0.6 is 0 Å². The topological polar surface area (TPSA) is 53.1 Å². The van der Waals surface area contributed by atoms with Gasteiger partial charge in [-0.25, -0.2) is 0 Å². The Labute approximate surface area is 114 Å². The minimum Gasteiger partial charge on any atom is -0.492 e. The molecule has 0 fully saturated rings. The van der Waals surface area contributed by atoms with E-state index in [-0.39, 0.29) is 6.04 Å². The highest BCUT2D eigenvalue weighted by Gasteiger charge is 2.08. The van der Waals surface area contributed by atoms with E-state index in [9.17, 15) is 0 Å². The van der Waals surface area contributed by atoms with E-state index in [1.807, 2.05) is 47.3 Å². The predicted octanol–water partition coefficient (Wildman–Crippen LogP) is 2.41. The monoisotopic (exact) mass is 259 g/mol. The van der Waals surface area contributed by atoms with Gasteiger partial charge in [0.25, 0.3) is 0 Å². The molecule has 0 saturated heterocycles. The Morgan fingerprint density at radius 2 is 1.95 bits per heavy atom. The maximum atomic E-state index is 6.06. The van der Waals surface area contributed by atoms with Crippen LogP contribution in [0.4, 0.5) is 0 Å². The van der Waals surface area contributed by atoms with Gasteiger partial charge in [0, 0.05) is 24.7 Å². The van der Waals surface area contributed by atoms with E-state index < -0.39 is 0 Å². The molecular weight excluding hydrogens is 238 g/mol. The molecular formula is C15H21N3O. The molecule has 0 aliphatic rings. The van der Waals surface area contributed by atoms with Crippen LogP contribution in [0.2, 0.25) is 0 Å². The SMILES string of the molecule is CC(C)n1ccc(CC(N)COc2ccccc2)n1. The lowest BCUT2D eigenvalue weighted by Gasteiger charge is -2.12. The van der Waals surface area contributed by atoms with Crippen LogP contribution in [0.15, 0.2) is 42.6 Å². The summed E-state index contributed by atoms with van der Waals surface area (Å²) < 4.78 is 7.58. The average Bonchev–Trinajstić information content (AvgIpc) is 2.86. The minimum atomic E-state index is -0.0456. The van der Waals surface area contributed by atoms with E-state index >= 15 is 0 Å². The van der Waals surface area contributed by atoms with Gasteiger partial charge < -0.3 is 10.5 Å². The van der Waals surface area contributed by atoms with Gasteiger partial charge in [-0.05, 0) is 32.0 Å². The summed E-state index contributed by atoms with van der Waals surface area (Å²) in [6.45, 7) is 4.71. The molecule has 1 heterocycles. The average molecular weight is 259 g/mol. The molecule has 0 aliphatic heterocycles. The molecule has 102 valence electrons.